The van der Waals surface area contributed by atoms with E-state index in [0.717, 1.165) is 18.9 Å². The molecule has 1 unspecified atom stereocenters. The summed E-state index contributed by atoms with van der Waals surface area (Å²) in [6, 6.07) is 0.668. The maximum Gasteiger partial charge on any atom is 0.341 e. The summed E-state index contributed by atoms with van der Waals surface area (Å²) < 4.78 is 22.2. The van der Waals surface area contributed by atoms with Gasteiger partial charge >= 0.3 is 5.97 Å². The molecule has 1 aromatic heterocycles. The van der Waals surface area contributed by atoms with Crippen LogP contribution in [-0.2, 0) is 4.79 Å². The largest absolute Gasteiger partial charge is 0.492 e. The number of nitrogens with two attached hydrogens (primary N) is 1. The number of carboxylic acid groups (broad SMARTS) is 1. The number of benzene rings is 1. The van der Waals surface area contributed by atoms with Gasteiger partial charge in [-0.3, -0.25) is 4.79 Å². The van der Waals surface area contributed by atoms with Gasteiger partial charge in [0.15, 0.2) is 11.6 Å². The molecule has 150 valence electrons. The van der Waals surface area contributed by atoms with Crippen LogP contribution in [0, 0.1) is 5.82 Å². The highest BCUT2D eigenvalue weighted by atomic mass is 19.1. The predicted molar refractivity (Wildman–Crippen MR) is 102 cm³/mol. The van der Waals surface area contributed by atoms with Crippen LogP contribution in [0.3, 0.4) is 0 Å². The van der Waals surface area contributed by atoms with Crippen molar-refractivity contribution in [2.75, 3.05) is 25.1 Å². The summed E-state index contributed by atoms with van der Waals surface area (Å²) in [4.78, 5) is 36.7. The Balaban J connectivity index is 2.39. The zero-order valence-corrected chi connectivity index (χ0v) is 15.6. The third kappa shape index (κ3) is 3.45. The van der Waals surface area contributed by atoms with Gasteiger partial charge in [-0.25, -0.2) is 9.18 Å². The summed E-state index contributed by atoms with van der Waals surface area (Å²) in [5.74, 6) is -2.07. The summed E-state index contributed by atoms with van der Waals surface area (Å²) in [7, 11) is 1.34. The molecule has 8 nitrogen and oxygen atoms in total. The summed E-state index contributed by atoms with van der Waals surface area (Å²) >= 11 is 0. The topological polar surface area (TPSA) is 115 Å². The zero-order valence-electron chi connectivity index (χ0n) is 15.6. The van der Waals surface area contributed by atoms with Crippen LogP contribution >= 0.6 is 0 Å². The lowest BCUT2D eigenvalue weighted by molar-refractivity contribution is -0.106. The van der Waals surface area contributed by atoms with E-state index in [1.165, 1.54) is 18.2 Å². The molecule has 28 heavy (non-hydrogen) atoms. The standard InChI is InChI=1S/C19H22FN3O5/c1-10(21)8-22(5-6-24)16-14(20)7-12-15(18(16)28-2)23(11-3-4-11)9-13(17(12)25)19(26)27/h6-7,9-11H,3-5,8,21H2,1-2H3,(H,26,27). The number of pyridine rings is 1. The maximum absolute atomic E-state index is 15.1. The van der Waals surface area contributed by atoms with Crippen molar-refractivity contribution in [3.05, 3.63) is 33.9 Å². The lowest BCUT2D eigenvalue weighted by atomic mass is 10.1. The maximum atomic E-state index is 15.1. The number of hydrogen-bond donors (Lipinski definition) is 2. The van der Waals surface area contributed by atoms with Gasteiger partial charge in [-0.05, 0) is 25.8 Å². The average molecular weight is 391 g/mol. The van der Waals surface area contributed by atoms with Crippen LogP contribution < -0.4 is 20.8 Å². The molecule has 0 saturated heterocycles. The number of carbonyl (C=O) groups is 2. The molecule has 1 atom stereocenters. The van der Waals surface area contributed by atoms with Crippen molar-refractivity contribution in [2.45, 2.75) is 31.8 Å². The van der Waals surface area contributed by atoms with E-state index in [9.17, 15) is 19.5 Å². The highest BCUT2D eigenvalue weighted by Gasteiger charge is 2.31. The first-order chi connectivity index (χ1) is 13.3. The molecular weight excluding hydrogens is 369 g/mol. The second kappa shape index (κ2) is 7.59. The smallest absolute Gasteiger partial charge is 0.341 e. The highest BCUT2D eigenvalue weighted by Crippen LogP contribution is 2.43. The van der Waals surface area contributed by atoms with E-state index in [1.807, 2.05) is 0 Å². The third-order valence-electron chi connectivity index (χ3n) is 4.69. The number of aromatic carboxylic acids is 1. The molecule has 1 aliphatic rings. The Labute approximate surface area is 160 Å². The summed E-state index contributed by atoms with van der Waals surface area (Å²) in [6.45, 7) is 1.81. The van der Waals surface area contributed by atoms with E-state index in [0.29, 0.717) is 11.8 Å². The molecule has 0 amide bonds. The van der Waals surface area contributed by atoms with E-state index in [4.69, 9.17) is 10.5 Å². The van der Waals surface area contributed by atoms with E-state index in [2.05, 4.69) is 0 Å². The van der Waals surface area contributed by atoms with Crippen molar-refractivity contribution in [1.29, 1.82) is 0 Å². The zero-order chi connectivity index (χ0) is 20.6. The van der Waals surface area contributed by atoms with Crippen molar-refractivity contribution in [1.82, 2.24) is 4.57 Å². The Morgan fingerprint density at radius 2 is 2.21 bits per heavy atom. The van der Waals surface area contributed by atoms with Crippen LogP contribution in [0.2, 0.25) is 0 Å². The molecule has 1 heterocycles. The van der Waals surface area contributed by atoms with Crippen LogP contribution in [0.5, 0.6) is 5.75 Å². The minimum absolute atomic E-state index is 0.00126. The van der Waals surface area contributed by atoms with Gasteiger partial charge in [-0.1, -0.05) is 0 Å². The summed E-state index contributed by atoms with van der Waals surface area (Å²) in [5.41, 5.74) is 4.98. The highest BCUT2D eigenvalue weighted by molar-refractivity contribution is 5.97. The molecule has 1 fully saturated rings. The molecule has 3 N–H and O–H groups in total. The molecule has 1 saturated carbocycles. The van der Waals surface area contributed by atoms with Gasteiger partial charge in [-0.2, -0.15) is 0 Å². The predicted octanol–water partition coefficient (Wildman–Crippen LogP) is 1.53. The second-order valence-electron chi connectivity index (χ2n) is 7.00. The Morgan fingerprint density at radius 3 is 2.71 bits per heavy atom. The van der Waals surface area contributed by atoms with Crippen LogP contribution in [0.15, 0.2) is 17.1 Å². The molecule has 1 aliphatic carbocycles. The van der Waals surface area contributed by atoms with Gasteiger partial charge in [0.25, 0.3) is 0 Å². The Bertz CT molecular complexity index is 997. The number of nitrogens with zero attached hydrogens (tertiary/aromatic N) is 2. The fraction of sp³-hybridized carbons (Fsp3) is 0.421. The molecule has 0 radical (unpaired) electrons. The SMILES string of the molecule is COc1c(N(CC=O)CC(C)N)c(F)cc2c(=O)c(C(=O)O)cn(C3CC3)c12. The molecule has 0 spiro atoms. The van der Waals surface area contributed by atoms with Gasteiger partial charge in [0.05, 0.1) is 24.6 Å². The number of methoxy groups -OCH3 is 1. The minimum atomic E-state index is -1.37. The van der Waals surface area contributed by atoms with Gasteiger partial charge in [0.2, 0.25) is 5.43 Å². The van der Waals surface area contributed by atoms with Gasteiger partial charge in [-0.15, -0.1) is 0 Å². The van der Waals surface area contributed by atoms with E-state index in [-0.39, 0.29) is 42.0 Å². The van der Waals surface area contributed by atoms with Crippen molar-refractivity contribution in [3.63, 3.8) is 0 Å². The number of anilines is 1. The van der Waals surface area contributed by atoms with Gasteiger partial charge in [0.1, 0.15) is 17.5 Å². The number of fused-ring (bicyclic) bond motifs is 1. The van der Waals surface area contributed by atoms with E-state index < -0.39 is 22.8 Å². The lowest BCUT2D eigenvalue weighted by Crippen LogP contribution is -2.37. The number of aldehydes is 1. The average Bonchev–Trinajstić information content (AvgIpc) is 3.45. The van der Waals surface area contributed by atoms with Crippen LogP contribution in [0.1, 0.15) is 36.2 Å². The van der Waals surface area contributed by atoms with Gasteiger partial charge < -0.3 is 29.8 Å². The van der Waals surface area contributed by atoms with Crippen molar-refractivity contribution in [2.24, 2.45) is 5.73 Å². The number of aromatic nitrogens is 1. The molecule has 0 bridgehead atoms. The van der Waals surface area contributed by atoms with E-state index >= 15 is 4.39 Å². The van der Waals surface area contributed by atoms with Crippen molar-refractivity contribution < 1.29 is 23.8 Å². The summed E-state index contributed by atoms with van der Waals surface area (Å²) in [5, 5.41) is 9.29. The Kier molecular flexibility index (Phi) is 5.37. The first-order valence-corrected chi connectivity index (χ1v) is 8.92. The molecule has 9 heteroatoms. The molecule has 1 aromatic carbocycles. The molecule has 2 aromatic rings. The van der Waals surface area contributed by atoms with Crippen LogP contribution in [0.25, 0.3) is 10.9 Å². The molecular formula is C19H22FN3O5. The first kappa shape index (κ1) is 19.8. The third-order valence-corrected chi connectivity index (χ3v) is 4.69. The normalized spacial score (nSPS) is 14.7. The monoisotopic (exact) mass is 391 g/mol. The number of ether oxygens (including phenoxy) is 1. The molecule has 3 rings (SSSR count). The quantitative estimate of drug-likeness (QED) is 0.656. The lowest BCUT2D eigenvalue weighted by Gasteiger charge is -2.28. The second-order valence-corrected chi connectivity index (χ2v) is 7.00. The number of halogens is 1. The fourth-order valence-electron chi connectivity index (χ4n) is 3.42. The Morgan fingerprint density at radius 1 is 1.54 bits per heavy atom. The summed E-state index contributed by atoms with van der Waals surface area (Å²) in [6.07, 6.45) is 3.53. The minimum Gasteiger partial charge on any atom is -0.492 e. The van der Waals surface area contributed by atoms with Crippen molar-refractivity contribution in [3.8, 4) is 5.75 Å². The van der Waals surface area contributed by atoms with Crippen LogP contribution in [0.4, 0.5) is 10.1 Å². The fourth-order valence-corrected chi connectivity index (χ4v) is 3.42. The number of carboxylic acids is 1. The van der Waals surface area contributed by atoms with Gasteiger partial charge in [0, 0.05) is 24.8 Å². The van der Waals surface area contributed by atoms with Crippen molar-refractivity contribution >= 4 is 28.8 Å². The molecule has 0 aliphatic heterocycles. The Hall–Kier alpha value is -2.94. The number of rotatable bonds is 8. The van der Waals surface area contributed by atoms with Crippen LogP contribution in [-0.4, -0.2) is 48.2 Å². The first-order valence-electron chi connectivity index (χ1n) is 8.92. The number of carbonyl (C=O) groups excluding carboxylic acids is 1. The number of hydrogen-bond acceptors (Lipinski definition) is 6. The van der Waals surface area contributed by atoms with E-state index in [1.54, 1.807) is 11.5 Å².